The van der Waals surface area contributed by atoms with Crippen LogP contribution in [0, 0.1) is 0 Å². The number of hydrogen-bond acceptors (Lipinski definition) is 6. The SMILES string of the molecule is COc1cc(-c2nnn(CC(=O)NCCc3c[nH]c4ccccc34)n2)ccc1OCc1ccccc1. The van der Waals surface area contributed by atoms with E-state index < -0.39 is 0 Å². The maximum atomic E-state index is 12.4. The van der Waals surface area contributed by atoms with Gasteiger partial charge in [-0.2, -0.15) is 4.80 Å². The number of carbonyl (C=O) groups excluding carboxylic acids is 1. The Morgan fingerprint density at radius 1 is 1.03 bits per heavy atom. The minimum Gasteiger partial charge on any atom is -0.493 e. The van der Waals surface area contributed by atoms with Gasteiger partial charge in [-0.3, -0.25) is 4.79 Å². The van der Waals surface area contributed by atoms with Gasteiger partial charge in [-0.25, -0.2) is 0 Å². The van der Waals surface area contributed by atoms with E-state index in [4.69, 9.17) is 9.47 Å². The summed E-state index contributed by atoms with van der Waals surface area (Å²) in [6.45, 7) is 0.931. The van der Waals surface area contributed by atoms with Gasteiger partial charge in [-0.05, 0) is 47.0 Å². The lowest BCUT2D eigenvalue weighted by Gasteiger charge is -2.11. The fourth-order valence-corrected chi connectivity index (χ4v) is 3.95. The summed E-state index contributed by atoms with van der Waals surface area (Å²) in [7, 11) is 1.58. The summed E-state index contributed by atoms with van der Waals surface area (Å²) in [5.74, 6) is 1.40. The molecule has 1 amide bonds. The number of nitrogens with zero attached hydrogens (tertiary/aromatic N) is 4. The fraction of sp³-hybridized carbons (Fsp3) is 0.185. The molecule has 0 radical (unpaired) electrons. The van der Waals surface area contributed by atoms with Gasteiger partial charge in [0.15, 0.2) is 11.5 Å². The minimum atomic E-state index is -0.180. The Balaban J connectivity index is 1.16. The number of hydrogen-bond donors (Lipinski definition) is 2. The second-order valence-electron chi connectivity index (χ2n) is 8.24. The summed E-state index contributed by atoms with van der Waals surface area (Å²) in [6, 6.07) is 23.5. The zero-order valence-corrected chi connectivity index (χ0v) is 19.8. The van der Waals surface area contributed by atoms with Gasteiger partial charge in [0, 0.05) is 29.2 Å². The monoisotopic (exact) mass is 482 g/mol. The molecule has 0 saturated heterocycles. The first-order chi connectivity index (χ1) is 17.7. The van der Waals surface area contributed by atoms with Crippen LogP contribution in [-0.2, 0) is 24.4 Å². The van der Waals surface area contributed by atoms with E-state index in [-0.39, 0.29) is 12.5 Å². The van der Waals surface area contributed by atoms with Gasteiger partial charge in [-0.15, -0.1) is 10.2 Å². The lowest BCUT2D eigenvalue weighted by Crippen LogP contribution is -2.30. The normalized spacial score (nSPS) is 10.9. The highest BCUT2D eigenvalue weighted by Crippen LogP contribution is 2.31. The summed E-state index contributed by atoms with van der Waals surface area (Å²) in [5, 5.41) is 16.6. The van der Waals surface area contributed by atoms with Gasteiger partial charge in [-0.1, -0.05) is 48.5 Å². The van der Waals surface area contributed by atoms with Crippen LogP contribution in [0.25, 0.3) is 22.3 Å². The molecule has 5 rings (SSSR count). The molecule has 2 aromatic heterocycles. The second-order valence-corrected chi connectivity index (χ2v) is 8.24. The molecule has 9 heteroatoms. The van der Waals surface area contributed by atoms with Crippen molar-refractivity contribution in [1.29, 1.82) is 0 Å². The van der Waals surface area contributed by atoms with Crippen molar-refractivity contribution in [2.45, 2.75) is 19.6 Å². The van der Waals surface area contributed by atoms with Crippen molar-refractivity contribution < 1.29 is 14.3 Å². The van der Waals surface area contributed by atoms with E-state index in [0.29, 0.717) is 36.0 Å². The number of methoxy groups -OCH3 is 1. The van der Waals surface area contributed by atoms with Crippen LogP contribution >= 0.6 is 0 Å². The quantitative estimate of drug-likeness (QED) is 0.314. The summed E-state index contributed by atoms with van der Waals surface area (Å²) in [6.07, 6.45) is 2.71. The first-order valence-corrected chi connectivity index (χ1v) is 11.6. The number of rotatable bonds is 10. The van der Waals surface area contributed by atoms with Gasteiger partial charge in [0.25, 0.3) is 0 Å². The van der Waals surface area contributed by atoms with Crippen molar-refractivity contribution in [3.05, 3.63) is 90.1 Å². The molecule has 2 heterocycles. The van der Waals surface area contributed by atoms with Gasteiger partial charge >= 0.3 is 0 Å². The Morgan fingerprint density at radius 3 is 2.72 bits per heavy atom. The van der Waals surface area contributed by atoms with Gasteiger partial charge in [0.05, 0.1) is 7.11 Å². The summed E-state index contributed by atoms with van der Waals surface area (Å²) in [5.41, 5.74) is 4.03. The maximum Gasteiger partial charge on any atom is 0.243 e. The van der Waals surface area contributed by atoms with Crippen molar-refractivity contribution in [2.24, 2.45) is 0 Å². The smallest absolute Gasteiger partial charge is 0.243 e. The number of ether oxygens (including phenoxy) is 2. The molecule has 0 spiro atoms. The highest BCUT2D eigenvalue weighted by molar-refractivity contribution is 5.83. The van der Waals surface area contributed by atoms with Crippen molar-refractivity contribution in [3.63, 3.8) is 0 Å². The summed E-state index contributed by atoms with van der Waals surface area (Å²) < 4.78 is 11.4. The van der Waals surface area contributed by atoms with E-state index in [1.807, 2.05) is 66.9 Å². The molecule has 0 bridgehead atoms. The van der Waals surface area contributed by atoms with Crippen molar-refractivity contribution in [2.75, 3.05) is 13.7 Å². The van der Waals surface area contributed by atoms with E-state index >= 15 is 0 Å². The molecule has 0 unspecified atom stereocenters. The van der Waals surface area contributed by atoms with Crippen LogP contribution in [0.2, 0.25) is 0 Å². The second kappa shape index (κ2) is 10.7. The van der Waals surface area contributed by atoms with E-state index in [9.17, 15) is 4.79 Å². The maximum absolute atomic E-state index is 12.4. The lowest BCUT2D eigenvalue weighted by atomic mass is 10.1. The van der Waals surface area contributed by atoms with Crippen LogP contribution in [-0.4, -0.2) is 44.8 Å². The van der Waals surface area contributed by atoms with Crippen LogP contribution in [0.3, 0.4) is 0 Å². The molecule has 0 saturated carbocycles. The fourth-order valence-electron chi connectivity index (χ4n) is 3.95. The predicted octanol–water partition coefficient (Wildman–Crippen LogP) is 3.77. The zero-order chi connectivity index (χ0) is 24.7. The number of aromatic amines is 1. The van der Waals surface area contributed by atoms with Crippen molar-refractivity contribution in [3.8, 4) is 22.9 Å². The third-order valence-corrected chi connectivity index (χ3v) is 5.79. The Bertz CT molecular complexity index is 1460. The van der Waals surface area contributed by atoms with E-state index in [1.165, 1.54) is 10.2 Å². The first-order valence-electron chi connectivity index (χ1n) is 11.6. The van der Waals surface area contributed by atoms with Crippen molar-refractivity contribution in [1.82, 2.24) is 30.5 Å². The first kappa shape index (κ1) is 23.1. The molecule has 5 aromatic rings. The molecule has 3 aromatic carbocycles. The summed E-state index contributed by atoms with van der Waals surface area (Å²) in [4.78, 5) is 16.9. The molecule has 2 N–H and O–H groups in total. The minimum absolute atomic E-state index is 0.0176. The molecule has 0 aliphatic carbocycles. The number of para-hydroxylation sites is 1. The Morgan fingerprint density at radius 2 is 1.86 bits per heavy atom. The molecule has 0 atom stereocenters. The van der Waals surface area contributed by atoms with Gasteiger partial charge in [0.2, 0.25) is 11.7 Å². The average Bonchev–Trinajstić information content (AvgIpc) is 3.55. The van der Waals surface area contributed by atoms with Gasteiger partial charge in [0.1, 0.15) is 13.2 Å². The Kier molecular flexibility index (Phi) is 6.88. The number of aromatic nitrogens is 5. The molecule has 182 valence electrons. The van der Waals surface area contributed by atoms with E-state index in [1.54, 1.807) is 13.2 Å². The largest absolute Gasteiger partial charge is 0.493 e. The van der Waals surface area contributed by atoms with E-state index in [2.05, 4.69) is 31.8 Å². The zero-order valence-electron chi connectivity index (χ0n) is 19.8. The molecule has 9 nitrogen and oxygen atoms in total. The number of H-pyrrole nitrogens is 1. The number of amides is 1. The topological polar surface area (TPSA) is 107 Å². The molecule has 0 aliphatic heterocycles. The molecule has 36 heavy (non-hydrogen) atoms. The van der Waals surface area contributed by atoms with Crippen LogP contribution < -0.4 is 14.8 Å². The number of carbonyl (C=O) groups is 1. The molecule has 0 fully saturated rings. The number of tetrazole rings is 1. The standard InChI is InChI=1S/C27H26N6O3/c1-35-25-15-20(11-12-24(25)36-18-19-7-3-2-4-8-19)27-30-32-33(31-27)17-26(34)28-14-13-21-16-29-23-10-6-5-9-22(21)23/h2-12,15-16,29H,13-14,17-18H2,1H3,(H,28,34). The van der Waals surface area contributed by atoms with Crippen LogP contribution in [0.15, 0.2) is 79.0 Å². The average molecular weight is 483 g/mol. The Labute approximate surface area is 208 Å². The van der Waals surface area contributed by atoms with Crippen molar-refractivity contribution >= 4 is 16.8 Å². The van der Waals surface area contributed by atoms with Crippen LogP contribution in [0.1, 0.15) is 11.1 Å². The van der Waals surface area contributed by atoms with Crippen LogP contribution in [0.4, 0.5) is 0 Å². The highest BCUT2D eigenvalue weighted by atomic mass is 16.5. The summed E-state index contributed by atoms with van der Waals surface area (Å²) >= 11 is 0. The number of benzene rings is 3. The molecular formula is C27H26N6O3. The third kappa shape index (κ3) is 5.35. The lowest BCUT2D eigenvalue weighted by molar-refractivity contribution is -0.122. The third-order valence-electron chi connectivity index (χ3n) is 5.79. The highest BCUT2D eigenvalue weighted by Gasteiger charge is 2.13. The predicted molar refractivity (Wildman–Crippen MR) is 136 cm³/mol. The molecule has 0 aliphatic rings. The van der Waals surface area contributed by atoms with Crippen LogP contribution in [0.5, 0.6) is 11.5 Å². The van der Waals surface area contributed by atoms with E-state index in [0.717, 1.165) is 23.1 Å². The number of fused-ring (bicyclic) bond motifs is 1. The number of nitrogens with one attached hydrogen (secondary N) is 2. The Hall–Kier alpha value is -4.66. The van der Waals surface area contributed by atoms with Gasteiger partial charge < -0.3 is 19.8 Å². The molecular weight excluding hydrogens is 456 g/mol.